The number of nitrogens with zero attached hydrogens (tertiary/aromatic N) is 1. The van der Waals surface area contributed by atoms with E-state index in [4.69, 9.17) is 4.52 Å². The standard InChI is InChI=1S/C29H25NO5S/c1-20-26(15-18-36(33,34)19-21-5-3-2-4-6-21)27(35-30-20)24-9-7-22(8-10-24)23-11-13-25(14-12-23)29(16-17-29)28(31)32/h2-15,18H,16-17,19H2,1H3,(H,31,32)/b18-15+. The summed E-state index contributed by atoms with van der Waals surface area (Å²) < 4.78 is 30.8. The molecule has 1 aromatic heterocycles. The quantitative estimate of drug-likeness (QED) is 0.318. The van der Waals surface area contributed by atoms with Crippen LogP contribution in [0.4, 0.5) is 0 Å². The van der Waals surface area contributed by atoms with Gasteiger partial charge in [-0.15, -0.1) is 0 Å². The molecule has 36 heavy (non-hydrogen) atoms. The lowest BCUT2D eigenvalue weighted by Crippen LogP contribution is -2.19. The summed E-state index contributed by atoms with van der Waals surface area (Å²) in [6.07, 6.45) is 2.90. The Balaban J connectivity index is 1.36. The van der Waals surface area contributed by atoms with Crippen LogP contribution in [0.5, 0.6) is 0 Å². The van der Waals surface area contributed by atoms with Gasteiger partial charge < -0.3 is 9.63 Å². The zero-order chi connectivity index (χ0) is 25.3. The van der Waals surface area contributed by atoms with Crippen LogP contribution < -0.4 is 0 Å². The second-order valence-electron chi connectivity index (χ2n) is 9.15. The molecular formula is C29H25NO5S. The molecule has 0 spiro atoms. The maximum Gasteiger partial charge on any atom is 0.314 e. The maximum absolute atomic E-state index is 12.6. The third kappa shape index (κ3) is 4.75. The van der Waals surface area contributed by atoms with Crippen molar-refractivity contribution in [2.75, 3.05) is 0 Å². The van der Waals surface area contributed by atoms with E-state index in [1.54, 1.807) is 25.1 Å². The number of sulfone groups is 1. The Morgan fingerprint density at radius 2 is 1.53 bits per heavy atom. The first kappa shape index (κ1) is 23.8. The molecular weight excluding hydrogens is 474 g/mol. The second-order valence-corrected chi connectivity index (χ2v) is 11.0. The van der Waals surface area contributed by atoms with Crippen LogP contribution in [0.1, 0.15) is 35.2 Å². The molecule has 1 N–H and O–H groups in total. The SMILES string of the molecule is Cc1noc(-c2ccc(-c3ccc(C4(C(=O)O)CC4)cc3)cc2)c1/C=C/S(=O)(=O)Cc1ccccc1. The summed E-state index contributed by atoms with van der Waals surface area (Å²) >= 11 is 0. The number of hydrogen-bond donors (Lipinski definition) is 1. The Hall–Kier alpha value is -3.97. The number of carboxylic acids is 1. The highest BCUT2D eigenvalue weighted by Crippen LogP contribution is 2.48. The predicted molar refractivity (Wildman–Crippen MR) is 139 cm³/mol. The van der Waals surface area contributed by atoms with Gasteiger partial charge in [0.1, 0.15) is 0 Å². The smallest absolute Gasteiger partial charge is 0.314 e. The zero-order valence-electron chi connectivity index (χ0n) is 19.7. The molecule has 0 aliphatic heterocycles. The highest BCUT2D eigenvalue weighted by atomic mass is 32.2. The van der Waals surface area contributed by atoms with Gasteiger partial charge in [-0.1, -0.05) is 84.0 Å². The number of rotatable bonds is 8. The van der Waals surface area contributed by atoms with Crippen molar-refractivity contribution in [3.05, 3.63) is 107 Å². The lowest BCUT2D eigenvalue weighted by Gasteiger charge is -2.11. The Morgan fingerprint density at radius 1 is 0.944 bits per heavy atom. The molecule has 0 saturated heterocycles. The van der Waals surface area contributed by atoms with Crippen molar-refractivity contribution in [1.82, 2.24) is 5.16 Å². The van der Waals surface area contributed by atoms with Crippen molar-refractivity contribution in [3.8, 4) is 22.5 Å². The first-order chi connectivity index (χ1) is 17.3. The van der Waals surface area contributed by atoms with Crippen molar-refractivity contribution in [2.45, 2.75) is 30.9 Å². The number of benzene rings is 3. The Labute approximate surface area is 209 Å². The van der Waals surface area contributed by atoms with Gasteiger partial charge in [0, 0.05) is 16.5 Å². The van der Waals surface area contributed by atoms with E-state index >= 15 is 0 Å². The van der Waals surface area contributed by atoms with Crippen molar-refractivity contribution in [3.63, 3.8) is 0 Å². The fourth-order valence-electron chi connectivity index (χ4n) is 4.35. The number of carboxylic acid groups (broad SMARTS) is 1. The number of hydrogen-bond acceptors (Lipinski definition) is 5. The molecule has 0 bridgehead atoms. The van der Waals surface area contributed by atoms with Gasteiger partial charge in [-0.2, -0.15) is 0 Å². The molecule has 1 saturated carbocycles. The molecule has 7 heteroatoms. The summed E-state index contributed by atoms with van der Waals surface area (Å²) in [6, 6.07) is 24.4. The van der Waals surface area contributed by atoms with Gasteiger partial charge in [0.05, 0.1) is 16.9 Å². The van der Waals surface area contributed by atoms with Gasteiger partial charge in [0.25, 0.3) is 0 Å². The number of aryl methyl sites for hydroxylation is 1. The van der Waals surface area contributed by atoms with Gasteiger partial charge >= 0.3 is 5.97 Å². The van der Waals surface area contributed by atoms with Gasteiger partial charge in [-0.05, 0) is 48.1 Å². The van der Waals surface area contributed by atoms with Gasteiger partial charge in [-0.3, -0.25) is 4.79 Å². The predicted octanol–water partition coefficient (Wildman–Crippen LogP) is 6.02. The van der Waals surface area contributed by atoms with Crippen molar-refractivity contribution < 1.29 is 22.8 Å². The normalized spacial score (nSPS) is 14.7. The van der Waals surface area contributed by atoms with Crippen molar-refractivity contribution in [2.24, 2.45) is 0 Å². The van der Waals surface area contributed by atoms with Crippen LogP contribution in [0, 0.1) is 6.92 Å². The average Bonchev–Trinajstić information content (AvgIpc) is 3.61. The van der Waals surface area contributed by atoms with E-state index in [2.05, 4.69) is 5.16 Å². The topological polar surface area (TPSA) is 97.5 Å². The lowest BCUT2D eigenvalue weighted by atomic mass is 9.93. The average molecular weight is 500 g/mol. The van der Waals surface area contributed by atoms with Crippen LogP contribution >= 0.6 is 0 Å². The Kier molecular flexibility index (Phi) is 6.10. The van der Waals surface area contributed by atoms with E-state index in [0.717, 1.165) is 27.8 Å². The van der Waals surface area contributed by atoms with Crippen LogP contribution in [0.15, 0.2) is 88.8 Å². The minimum absolute atomic E-state index is 0.0783. The molecule has 1 aliphatic carbocycles. The molecule has 182 valence electrons. The number of carbonyl (C=O) groups is 1. The molecule has 5 rings (SSSR count). The van der Waals surface area contributed by atoms with Crippen molar-refractivity contribution >= 4 is 21.9 Å². The molecule has 6 nitrogen and oxygen atoms in total. The summed E-state index contributed by atoms with van der Waals surface area (Å²) in [4.78, 5) is 11.6. The molecule has 3 aromatic carbocycles. The first-order valence-corrected chi connectivity index (χ1v) is 13.3. The molecule has 0 atom stereocenters. The summed E-state index contributed by atoms with van der Waals surface area (Å²) in [5.74, 6) is -0.345. The molecule has 0 unspecified atom stereocenters. The molecule has 1 aliphatic rings. The molecule has 4 aromatic rings. The summed E-state index contributed by atoms with van der Waals surface area (Å²) in [5.41, 5.74) is 4.80. The van der Waals surface area contributed by atoms with E-state index in [-0.39, 0.29) is 5.75 Å². The molecule has 0 radical (unpaired) electrons. The third-order valence-electron chi connectivity index (χ3n) is 6.64. The van der Waals surface area contributed by atoms with Gasteiger partial charge in [0.2, 0.25) is 0 Å². The first-order valence-electron chi connectivity index (χ1n) is 11.6. The fourth-order valence-corrected chi connectivity index (χ4v) is 5.45. The Morgan fingerprint density at radius 3 is 2.11 bits per heavy atom. The number of aliphatic carboxylic acids is 1. The molecule has 1 heterocycles. The summed E-state index contributed by atoms with van der Waals surface area (Å²) in [5, 5.41) is 14.8. The van der Waals surface area contributed by atoms with Crippen LogP contribution in [0.25, 0.3) is 28.5 Å². The van der Waals surface area contributed by atoms with Crippen LogP contribution in [-0.4, -0.2) is 24.7 Å². The van der Waals surface area contributed by atoms with E-state index in [9.17, 15) is 18.3 Å². The zero-order valence-corrected chi connectivity index (χ0v) is 20.5. The van der Waals surface area contributed by atoms with E-state index in [0.29, 0.717) is 29.9 Å². The number of aromatic nitrogens is 1. The molecule has 0 amide bonds. The minimum atomic E-state index is -3.47. The monoisotopic (exact) mass is 499 g/mol. The lowest BCUT2D eigenvalue weighted by molar-refractivity contribution is -0.140. The van der Waals surface area contributed by atoms with Crippen LogP contribution in [0.2, 0.25) is 0 Å². The summed E-state index contributed by atoms with van der Waals surface area (Å²) in [6.45, 7) is 1.77. The van der Waals surface area contributed by atoms with E-state index < -0.39 is 21.2 Å². The van der Waals surface area contributed by atoms with Gasteiger partial charge in [0.15, 0.2) is 15.6 Å². The largest absolute Gasteiger partial charge is 0.481 e. The highest BCUT2D eigenvalue weighted by molar-refractivity contribution is 7.93. The van der Waals surface area contributed by atoms with Crippen LogP contribution in [-0.2, 0) is 25.8 Å². The van der Waals surface area contributed by atoms with Crippen molar-refractivity contribution in [1.29, 1.82) is 0 Å². The Bertz CT molecular complexity index is 1530. The molecule has 1 fully saturated rings. The van der Waals surface area contributed by atoms with Gasteiger partial charge in [-0.25, -0.2) is 8.42 Å². The summed E-state index contributed by atoms with van der Waals surface area (Å²) in [7, 11) is -3.47. The third-order valence-corrected chi connectivity index (χ3v) is 7.92. The van der Waals surface area contributed by atoms with E-state index in [1.165, 1.54) is 5.41 Å². The second kappa shape index (κ2) is 9.24. The van der Waals surface area contributed by atoms with E-state index in [1.807, 2.05) is 66.7 Å². The maximum atomic E-state index is 12.6. The van der Waals surface area contributed by atoms with Crippen LogP contribution in [0.3, 0.4) is 0 Å². The highest BCUT2D eigenvalue weighted by Gasteiger charge is 2.51. The minimum Gasteiger partial charge on any atom is -0.481 e. The fraction of sp³-hybridized carbons (Fsp3) is 0.172.